The number of rotatable bonds is 3. The van der Waals surface area contributed by atoms with Gasteiger partial charge < -0.3 is 12.3 Å². The van der Waals surface area contributed by atoms with E-state index in [1.807, 2.05) is 0 Å². The monoisotopic (exact) mass is 238 g/mol. The first-order chi connectivity index (χ1) is 4.69. The maximum Gasteiger partial charge on any atom is 0.284 e. The lowest BCUT2D eigenvalue weighted by molar-refractivity contribution is 0.453. The third kappa shape index (κ3) is 5.90. The van der Waals surface area contributed by atoms with Crippen molar-refractivity contribution in [3.05, 3.63) is 0 Å². The van der Waals surface area contributed by atoms with Gasteiger partial charge in [0.1, 0.15) is 0 Å². The van der Waals surface area contributed by atoms with Crippen molar-refractivity contribution in [2.45, 2.75) is 17.9 Å². The van der Waals surface area contributed by atoms with Gasteiger partial charge in [-0.3, -0.25) is 9.11 Å². The predicted octanol–water partition coefficient (Wildman–Crippen LogP) is -0.178. The average Bonchev–Trinajstić information content (AvgIpc) is 1.56. The zero-order chi connectivity index (χ0) is 9.28. The molecule has 0 aromatic heterocycles. The second-order valence-electron chi connectivity index (χ2n) is 1.87. The molecule has 0 aliphatic carbocycles. The molecule has 0 unspecified atom stereocenters. The SMILES string of the molecule is CCC(S(=O)(=O)O)S(=O)(=O)O.N.N. The van der Waals surface area contributed by atoms with E-state index >= 15 is 0 Å². The Morgan fingerprint density at radius 1 is 1.00 bits per heavy atom. The summed E-state index contributed by atoms with van der Waals surface area (Å²) in [5.41, 5.74) is 0. The summed E-state index contributed by atoms with van der Waals surface area (Å²) in [5, 5.41) is 0. The first-order valence-corrected chi connectivity index (χ1v) is 5.63. The number of hydrogen-bond acceptors (Lipinski definition) is 6. The summed E-state index contributed by atoms with van der Waals surface area (Å²) in [7, 11) is -9.42. The van der Waals surface area contributed by atoms with Crippen LogP contribution in [0.4, 0.5) is 0 Å². The molecule has 0 rings (SSSR count). The van der Waals surface area contributed by atoms with E-state index in [9.17, 15) is 16.8 Å². The summed E-state index contributed by atoms with van der Waals surface area (Å²) in [6, 6.07) is 0. The molecule has 0 saturated carbocycles. The Kier molecular flexibility index (Phi) is 7.78. The van der Waals surface area contributed by atoms with Crippen molar-refractivity contribution < 1.29 is 25.9 Å². The maximum absolute atomic E-state index is 10.2. The first kappa shape index (κ1) is 18.5. The van der Waals surface area contributed by atoms with E-state index in [1.165, 1.54) is 6.92 Å². The fraction of sp³-hybridized carbons (Fsp3) is 1.00. The predicted molar refractivity (Wildman–Crippen MR) is 47.2 cm³/mol. The molecule has 0 aliphatic rings. The van der Waals surface area contributed by atoms with Crippen molar-refractivity contribution >= 4 is 20.2 Å². The largest absolute Gasteiger partial charge is 0.344 e. The van der Waals surface area contributed by atoms with Crippen molar-refractivity contribution in [1.29, 1.82) is 0 Å². The summed E-state index contributed by atoms with van der Waals surface area (Å²) in [5.74, 6) is 0. The fourth-order valence-corrected chi connectivity index (χ4v) is 2.65. The molecule has 0 heterocycles. The lowest BCUT2D eigenvalue weighted by Crippen LogP contribution is -2.28. The molecule has 0 fully saturated rings. The second-order valence-corrected chi connectivity index (χ2v) is 5.36. The Bertz CT molecular complexity index is 286. The first-order valence-electron chi connectivity index (χ1n) is 2.62. The standard InChI is InChI=1S/C3H8O6S2.2H3N/c1-2-3(10(4,5)6)11(7,8)9;;/h3H,2H2,1H3,(H,4,5,6)(H,7,8,9);2*1H3. The van der Waals surface area contributed by atoms with E-state index in [0.29, 0.717) is 0 Å². The third-order valence-corrected chi connectivity index (χ3v) is 4.45. The normalized spacial score (nSPS) is 11.7. The smallest absolute Gasteiger partial charge is 0.284 e. The van der Waals surface area contributed by atoms with E-state index in [1.54, 1.807) is 0 Å². The molecule has 8 nitrogen and oxygen atoms in total. The van der Waals surface area contributed by atoms with Gasteiger partial charge in [0.25, 0.3) is 20.2 Å². The average molecular weight is 238 g/mol. The molecule has 0 aromatic rings. The van der Waals surface area contributed by atoms with Gasteiger partial charge in [0.05, 0.1) is 0 Å². The van der Waals surface area contributed by atoms with Gasteiger partial charge in [-0.05, 0) is 6.42 Å². The van der Waals surface area contributed by atoms with Gasteiger partial charge in [0.15, 0.2) is 0 Å². The Balaban J connectivity index is -0.000000500. The van der Waals surface area contributed by atoms with E-state index in [0.717, 1.165) is 0 Å². The van der Waals surface area contributed by atoms with Gasteiger partial charge in [0, 0.05) is 0 Å². The van der Waals surface area contributed by atoms with Gasteiger partial charge in [-0.1, -0.05) is 6.92 Å². The van der Waals surface area contributed by atoms with Crippen LogP contribution in [-0.2, 0) is 20.2 Å². The van der Waals surface area contributed by atoms with Crippen LogP contribution in [0, 0.1) is 0 Å². The number of hydrogen-bond donors (Lipinski definition) is 4. The highest BCUT2D eigenvalue weighted by Crippen LogP contribution is 2.09. The molecule has 0 spiro atoms. The van der Waals surface area contributed by atoms with Gasteiger partial charge in [-0.2, -0.15) is 16.8 Å². The minimum atomic E-state index is -4.71. The Morgan fingerprint density at radius 3 is 1.23 bits per heavy atom. The zero-order valence-corrected chi connectivity index (χ0v) is 8.68. The highest BCUT2D eigenvalue weighted by Gasteiger charge is 2.33. The van der Waals surface area contributed by atoms with Crippen LogP contribution in [0.5, 0.6) is 0 Å². The summed E-state index contributed by atoms with van der Waals surface area (Å²) in [6.45, 7) is 1.21. The summed E-state index contributed by atoms with van der Waals surface area (Å²) in [4.78, 5) is 0. The van der Waals surface area contributed by atoms with Crippen LogP contribution >= 0.6 is 0 Å². The molecule has 0 aromatic carbocycles. The molecule has 0 amide bonds. The molecule has 0 saturated heterocycles. The van der Waals surface area contributed by atoms with Crippen LogP contribution in [0.15, 0.2) is 0 Å². The lowest BCUT2D eigenvalue weighted by Gasteiger charge is -2.05. The molecular formula is C3H14N2O6S2. The van der Waals surface area contributed by atoms with Crippen LogP contribution in [-0.4, -0.2) is 30.5 Å². The second kappa shape index (κ2) is 5.47. The van der Waals surface area contributed by atoms with Crippen molar-refractivity contribution in [3.8, 4) is 0 Å². The van der Waals surface area contributed by atoms with E-state index in [2.05, 4.69) is 0 Å². The van der Waals surface area contributed by atoms with E-state index in [4.69, 9.17) is 9.11 Å². The summed E-state index contributed by atoms with van der Waals surface area (Å²) in [6.07, 6.45) is -0.391. The minimum absolute atomic E-state index is 0. The fourth-order valence-electron chi connectivity index (χ4n) is 0.575. The molecule has 10 heteroatoms. The van der Waals surface area contributed by atoms with Crippen LogP contribution in [0.2, 0.25) is 0 Å². The van der Waals surface area contributed by atoms with Crippen molar-refractivity contribution in [1.82, 2.24) is 12.3 Å². The molecule has 84 valence electrons. The molecule has 0 radical (unpaired) electrons. The Morgan fingerprint density at radius 2 is 1.23 bits per heavy atom. The van der Waals surface area contributed by atoms with Gasteiger partial charge >= 0.3 is 0 Å². The minimum Gasteiger partial charge on any atom is -0.344 e. The van der Waals surface area contributed by atoms with E-state index in [-0.39, 0.29) is 12.3 Å². The van der Waals surface area contributed by atoms with Gasteiger partial charge in [-0.15, -0.1) is 0 Å². The highest BCUT2D eigenvalue weighted by molar-refractivity contribution is 8.03. The van der Waals surface area contributed by atoms with Crippen LogP contribution in [0.3, 0.4) is 0 Å². The molecule has 0 aliphatic heterocycles. The quantitative estimate of drug-likeness (QED) is 0.488. The molecule has 0 bridgehead atoms. The van der Waals surface area contributed by atoms with Gasteiger partial charge in [0.2, 0.25) is 4.58 Å². The van der Waals surface area contributed by atoms with Crippen LogP contribution in [0.1, 0.15) is 13.3 Å². The molecular weight excluding hydrogens is 224 g/mol. The third-order valence-electron chi connectivity index (χ3n) is 0.998. The summed E-state index contributed by atoms with van der Waals surface area (Å²) >= 11 is 0. The van der Waals surface area contributed by atoms with Crippen LogP contribution < -0.4 is 12.3 Å². The zero-order valence-electron chi connectivity index (χ0n) is 7.04. The lowest BCUT2D eigenvalue weighted by atomic mass is 10.6. The topological polar surface area (TPSA) is 179 Å². The Labute approximate surface area is 77.0 Å². The van der Waals surface area contributed by atoms with Crippen molar-refractivity contribution in [3.63, 3.8) is 0 Å². The van der Waals surface area contributed by atoms with Crippen molar-refractivity contribution in [2.24, 2.45) is 0 Å². The van der Waals surface area contributed by atoms with Crippen molar-refractivity contribution in [2.75, 3.05) is 0 Å². The molecule has 0 atom stereocenters. The summed E-state index contributed by atoms with van der Waals surface area (Å²) < 4.78 is 55.3. The molecule has 13 heavy (non-hydrogen) atoms. The highest BCUT2D eigenvalue weighted by atomic mass is 32.3. The van der Waals surface area contributed by atoms with Crippen LogP contribution in [0.25, 0.3) is 0 Å². The maximum atomic E-state index is 10.2. The Hall–Kier alpha value is -0.260. The van der Waals surface area contributed by atoms with E-state index < -0.39 is 31.2 Å². The van der Waals surface area contributed by atoms with Gasteiger partial charge in [-0.25, -0.2) is 0 Å². The molecule has 8 N–H and O–H groups in total.